The van der Waals surface area contributed by atoms with Gasteiger partial charge in [-0.3, -0.25) is 0 Å². The summed E-state index contributed by atoms with van der Waals surface area (Å²) in [6.07, 6.45) is 1.30. The van der Waals surface area contributed by atoms with Gasteiger partial charge < -0.3 is 4.74 Å². The van der Waals surface area contributed by atoms with Crippen LogP contribution in [0.25, 0.3) is 0 Å². The van der Waals surface area contributed by atoms with Crippen LogP contribution in [0.4, 0.5) is 0 Å². The van der Waals surface area contributed by atoms with Crippen molar-refractivity contribution in [3.63, 3.8) is 0 Å². The van der Waals surface area contributed by atoms with Gasteiger partial charge in [-0.1, -0.05) is 28.1 Å². The van der Waals surface area contributed by atoms with Gasteiger partial charge in [0.25, 0.3) is 0 Å². The second-order valence-electron chi connectivity index (χ2n) is 5.32. The predicted octanol–water partition coefficient (Wildman–Crippen LogP) is 2.29. The van der Waals surface area contributed by atoms with Gasteiger partial charge >= 0.3 is 0 Å². The molecule has 0 aromatic heterocycles. The summed E-state index contributed by atoms with van der Waals surface area (Å²) >= 11 is 3.41. The SMILES string of the molecule is CN(C)S(=O)(=O)C1CCOCC1Cc1ccc(Br)cc1. The predicted molar refractivity (Wildman–Crippen MR) is 83.2 cm³/mol. The molecule has 1 aromatic rings. The van der Waals surface area contributed by atoms with Crippen LogP contribution in [0.2, 0.25) is 0 Å². The topological polar surface area (TPSA) is 46.6 Å². The van der Waals surface area contributed by atoms with Crippen LogP contribution >= 0.6 is 15.9 Å². The standard InChI is InChI=1S/C14H20BrNO3S/c1-16(2)20(17,18)14-7-8-19-10-12(14)9-11-3-5-13(15)6-4-11/h3-6,12,14H,7-10H2,1-2H3. The molecule has 2 atom stereocenters. The molecule has 0 aliphatic carbocycles. The van der Waals surface area contributed by atoms with Crippen molar-refractivity contribution in [3.8, 4) is 0 Å². The third-order valence-electron chi connectivity index (χ3n) is 3.71. The van der Waals surface area contributed by atoms with Crippen LogP contribution in [-0.4, -0.2) is 45.3 Å². The molecule has 1 aliphatic rings. The minimum absolute atomic E-state index is 0.0114. The molecule has 1 heterocycles. The number of hydrogen-bond acceptors (Lipinski definition) is 3. The molecular formula is C14H20BrNO3S. The summed E-state index contributed by atoms with van der Waals surface area (Å²) in [6.45, 7) is 1.03. The lowest BCUT2D eigenvalue weighted by molar-refractivity contribution is 0.0563. The first kappa shape index (κ1) is 15.9. The minimum atomic E-state index is -3.23. The molecule has 2 unspecified atom stereocenters. The van der Waals surface area contributed by atoms with Gasteiger partial charge in [0.2, 0.25) is 10.0 Å². The summed E-state index contributed by atoms with van der Waals surface area (Å²) in [5.74, 6) is 0.0114. The maximum Gasteiger partial charge on any atom is 0.216 e. The number of sulfonamides is 1. The molecule has 1 aromatic carbocycles. The highest BCUT2D eigenvalue weighted by atomic mass is 79.9. The van der Waals surface area contributed by atoms with Crippen molar-refractivity contribution in [2.24, 2.45) is 5.92 Å². The number of ether oxygens (including phenoxy) is 1. The largest absolute Gasteiger partial charge is 0.381 e. The molecule has 1 saturated heterocycles. The van der Waals surface area contributed by atoms with E-state index < -0.39 is 10.0 Å². The van der Waals surface area contributed by atoms with Gasteiger partial charge in [0.1, 0.15) is 0 Å². The Bertz CT molecular complexity index is 542. The van der Waals surface area contributed by atoms with Gasteiger partial charge in [0.05, 0.1) is 11.9 Å². The van der Waals surface area contributed by atoms with E-state index in [0.29, 0.717) is 19.6 Å². The van der Waals surface area contributed by atoms with E-state index >= 15 is 0 Å². The molecule has 1 aliphatic heterocycles. The molecule has 112 valence electrons. The quantitative estimate of drug-likeness (QED) is 0.826. The van der Waals surface area contributed by atoms with Crippen molar-refractivity contribution >= 4 is 26.0 Å². The Morgan fingerprint density at radius 3 is 2.55 bits per heavy atom. The van der Waals surface area contributed by atoms with E-state index in [0.717, 1.165) is 16.5 Å². The first-order valence-corrected chi connectivity index (χ1v) is 8.94. The fourth-order valence-electron chi connectivity index (χ4n) is 2.55. The van der Waals surface area contributed by atoms with Crippen LogP contribution in [0.3, 0.4) is 0 Å². The van der Waals surface area contributed by atoms with Crippen LogP contribution in [0, 0.1) is 5.92 Å². The Labute approximate surface area is 129 Å². The molecular weight excluding hydrogens is 342 g/mol. The molecule has 0 radical (unpaired) electrons. The van der Waals surface area contributed by atoms with Gasteiger partial charge in [-0.2, -0.15) is 0 Å². The minimum Gasteiger partial charge on any atom is -0.381 e. The van der Waals surface area contributed by atoms with E-state index in [2.05, 4.69) is 15.9 Å². The van der Waals surface area contributed by atoms with Crippen molar-refractivity contribution in [1.82, 2.24) is 4.31 Å². The zero-order chi connectivity index (χ0) is 14.8. The van der Waals surface area contributed by atoms with Crippen molar-refractivity contribution in [2.75, 3.05) is 27.3 Å². The van der Waals surface area contributed by atoms with Crippen molar-refractivity contribution < 1.29 is 13.2 Å². The summed E-state index contributed by atoms with van der Waals surface area (Å²) in [6, 6.07) is 8.01. The average Bonchev–Trinajstić information content (AvgIpc) is 2.41. The first-order chi connectivity index (χ1) is 9.41. The monoisotopic (exact) mass is 361 g/mol. The normalized spacial score (nSPS) is 24.0. The lowest BCUT2D eigenvalue weighted by atomic mass is 9.94. The molecule has 0 amide bonds. The van der Waals surface area contributed by atoms with Crippen LogP contribution < -0.4 is 0 Å². The Morgan fingerprint density at radius 1 is 1.30 bits per heavy atom. The molecule has 0 spiro atoms. The molecule has 0 N–H and O–H groups in total. The van der Waals surface area contributed by atoms with Gasteiger partial charge in [-0.25, -0.2) is 12.7 Å². The second-order valence-corrected chi connectivity index (χ2v) is 8.60. The van der Waals surface area contributed by atoms with Gasteiger partial charge in [-0.05, 0) is 30.5 Å². The summed E-state index contributed by atoms with van der Waals surface area (Å²) in [7, 11) is -0.0359. The highest BCUT2D eigenvalue weighted by Crippen LogP contribution is 2.27. The maximum atomic E-state index is 12.4. The van der Waals surface area contributed by atoms with Crippen LogP contribution in [0.15, 0.2) is 28.7 Å². The summed E-state index contributed by atoms with van der Waals surface area (Å²) in [4.78, 5) is 0. The molecule has 0 saturated carbocycles. The van der Waals surface area contributed by atoms with Crippen LogP contribution in [0.1, 0.15) is 12.0 Å². The maximum absolute atomic E-state index is 12.4. The highest BCUT2D eigenvalue weighted by molar-refractivity contribution is 9.10. The number of hydrogen-bond donors (Lipinski definition) is 0. The molecule has 6 heteroatoms. The zero-order valence-corrected chi connectivity index (χ0v) is 14.2. The highest BCUT2D eigenvalue weighted by Gasteiger charge is 2.37. The van der Waals surface area contributed by atoms with Gasteiger partial charge in [-0.15, -0.1) is 0 Å². The van der Waals surface area contributed by atoms with Gasteiger partial charge in [0, 0.05) is 31.1 Å². The van der Waals surface area contributed by atoms with Crippen molar-refractivity contribution in [3.05, 3.63) is 34.3 Å². The molecule has 20 heavy (non-hydrogen) atoms. The zero-order valence-electron chi connectivity index (χ0n) is 11.8. The molecule has 1 fully saturated rings. The lowest BCUT2D eigenvalue weighted by Crippen LogP contribution is -2.44. The Morgan fingerprint density at radius 2 is 1.95 bits per heavy atom. The van der Waals surface area contributed by atoms with Crippen LogP contribution in [-0.2, 0) is 21.2 Å². The number of halogens is 1. The van der Waals surface area contributed by atoms with E-state index in [1.165, 1.54) is 4.31 Å². The summed E-state index contributed by atoms with van der Waals surface area (Å²) in [5, 5.41) is -0.352. The smallest absolute Gasteiger partial charge is 0.216 e. The third kappa shape index (κ3) is 3.61. The van der Waals surface area contributed by atoms with E-state index in [1.54, 1.807) is 14.1 Å². The first-order valence-electron chi connectivity index (χ1n) is 6.65. The fourth-order valence-corrected chi connectivity index (χ4v) is 4.41. The summed E-state index contributed by atoms with van der Waals surface area (Å²) in [5.41, 5.74) is 1.14. The number of benzene rings is 1. The molecule has 2 rings (SSSR count). The van der Waals surface area contributed by atoms with Crippen LogP contribution in [0.5, 0.6) is 0 Å². The fraction of sp³-hybridized carbons (Fsp3) is 0.571. The van der Waals surface area contributed by atoms with E-state index in [4.69, 9.17) is 4.74 Å². The van der Waals surface area contributed by atoms with Crippen molar-refractivity contribution in [2.45, 2.75) is 18.1 Å². The Balaban J connectivity index is 2.17. The molecule has 0 bridgehead atoms. The third-order valence-corrected chi connectivity index (χ3v) is 6.64. The number of nitrogens with zero attached hydrogens (tertiary/aromatic N) is 1. The van der Waals surface area contributed by atoms with Crippen molar-refractivity contribution in [1.29, 1.82) is 0 Å². The second kappa shape index (κ2) is 6.56. The summed E-state index contributed by atoms with van der Waals surface area (Å²) < 4.78 is 32.7. The van der Waals surface area contributed by atoms with E-state index in [-0.39, 0.29) is 11.2 Å². The average molecular weight is 362 g/mol. The molecule has 4 nitrogen and oxygen atoms in total. The Hall–Kier alpha value is -0.430. The van der Waals surface area contributed by atoms with E-state index in [9.17, 15) is 8.42 Å². The lowest BCUT2D eigenvalue weighted by Gasteiger charge is -2.33. The van der Waals surface area contributed by atoms with Gasteiger partial charge in [0.15, 0.2) is 0 Å². The van der Waals surface area contributed by atoms with E-state index in [1.807, 2.05) is 24.3 Å². The number of rotatable bonds is 4. The Kier molecular flexibility index (Phi) is 5.23.